The van der Waals surface area contributed by atoms with Gasteiger partial charge in [0.2, 0.25) is 5.91 Å². The molecule has 1 aromatic carbocycles. The maximum Gasteiger partial charge on any atom is 0.331 e. The first kappa shape index (κ1) is 9.71. The van der Waals surface area contributed by atoms with Gasteiger partial charge in [-0.3, -0.25) is 4.79 Å². The molecule has 1 heterocycles. The number of rotatable bonds is 3. The minimum Gasteiger partial charge on any atom is -0.479 e. The molecular formula is C11H11NO3. The standard InChI is InChI=1S/C11H11NO3/c13-9-6-7-12(9)10(11(14)15)8-4-2-1-3-5-8/h1-5,10H,6-7H2,(H,14,15). The third-order valence-corrected chi connectivity index (χ3v) is 2.55. The van der Waals surface area contributed by atoms with Gasteiger partial charge in [-0.25, -0.2) is 4.79 Å². The Hall–Kier alpha value is -1.84. The van der Waals surface area contributed by atoms with E-state index in [1.807, 2.05) is 6.07 Å². The number of likely N-dealkylation sites (tertiary alicyclic amines) is 1. The Morgan fingerprint density at radius 3 is 2.40 bits per heavy atom. The molecule has 1 aliphatic rings. The highest BCUT2D eigenvalue weighted by Crippen LogP contribution is 2.26. The predicted molar refractivity (Wildman–Crippen MR) is 53.1 cm³/mol. The van der Waals surface area contributed by atoms with E-state index in [2.05, 4.69) is 0 Å². The van der Waals surface area contributed by atoms with Crippen LogP contribution in [0.2, 0.25) is 0 Å². The molecule has 0 bridgehead atoms. The fourth-order valence-electron chi connectivity index (χ4n) is 1.70. The van der Waals surface area contributed by atoms with E-state index < -0.39 is 12.0 Å². The molecule has 1 amide bonds. The van der Waals surface area contributed by atoms with Gasteiger partial charge in [-0.2, -0.15) is 0 Å². The fourth-order valence-corrected chi connectivity index (χ4v) is 1.70. The molecule has 1 saturated heterocycles. The molecule has 1 N–H and O–H groups in total. The molecule has 0 saturated carbocycles. The van der Waals surface area contributed by atoms with E-state index in [9.17, 15) is 9.59 Å². The Morgan fingerprint density at radius 2 is 2.00 bits per heavy atom. The lowest BCUT2D eigenvalue weighted by Crippen LogP contribution is -2.48. The van der Waals surface area contributed by atoms with Crippen molar-refractivity contribution in [2.75, 3.05) is 6.54 Å². The smallest absolute Gasteiger partial charge is 0.331 e. The van der Waals surface area contributed by atoms with Gasteiger partial charge in [0, 0.05) is 13.0 Å². The van der Waals surface area contributed by atoms with Crippen LogP contribution in [0.15, 0.2) is 30.3 Å². The quantitative estimate of drug-likeness (QED) is 0.750. The van der Waals surface area contributed by atoms with E-state index in [4.69, 9.17) is 5.11 Å². The first-order valence-electron chi connectivity index (χ1n) is 4.77. The van der Waals surface area contributed by atoms with E-state index in [0.29, 0.717) is 18.5 Å². The highest BCUT2D eigenvalue weighted by atomic mass is 16.4. The van der Waals surface area contributed by atoms with E-state index in [1.165, 1.54) is 4.90 Å². The van der Waals surface area contributed by atoms with Gasteiger partial charge in [-0.05, 0) is 5.56 Å². The summed E-state index contributed by atoms with van der Waals surface area (Å²) < 4.78 is 0. The number of β-lactam (4-membered cyclic amide) rings is 1. The Morgan fingerprint density at radius 1 is 1.33 bits per heavy atom. The number of nitrogens with zero attached hydrogens (tertiary/aromatic N) is 1. The maximum absolute atomic E-state index is 11.2. The zero-order valence-electron chi connectivity index (χ0n) is 8.09. The Kier molecular flexibility index (Phi) is 2.41. The molecule has 2 rings (SSSR count). The van der Waals surface area contributed by atoms with Crippen molar-refractivity contribution in [3.8, 4) is 0 Å². The molecule has 78 valence electrons. The number of aliphatic carboxylic acids is 1. The number of carboxylic acids is 1. The van der Waals surface area contributed by atoms with E-state index in [1.54, 1.807) is 24.3 Å². The van der Waals surface area contributed by atoms with Crippen LogP contribution in [0.1, 0.15) is 18.0 Å². The third-order valence-electron chi connectivity index (χ3n) is 2.55. The lowest BCUT2D eigenvalue weighted by atomic mass is 10.0. The van der Waals surface area contributed by atoms with Crippen LogP contribution in [0.25, 0.3) is 0 Å². The number of benzene rings is 1. The molecule has 0 spiro atoms. The van der Waals surface area contributed by atoms with Gasteiger partial charge in [0.05, 0.1) is 0 Å². The monoisotopic (exact) mass is 205 g/mol. The molecule has 1 aromatic rings. The van der Waals surface area contributed by atoms with Crippen LogP contribution in [-0.2, 0) is 9.59 Å². The molecule has 1 aliphatic heterocycles. The van der Waals surface area contributed by atoms with Gasteiger partial charge in [-0.1, -0.05) is 30.3 Å². The van der Waals surface area contributed by atoms with Crippen molar-refractivity contribution >= 4 is 11.9 Å². The number of carbonyl (C=O) groups excluding carboxylic acids is 1. The van der Waals surface area contributed by atoms with Crippen LogP contribution < -0.4 is 0 Å². The number of amides is 1. The molecule has 1 atom stereocenters. The summed E-state index contributed by atoms with van der Waals surface area (Å²) in [5.41, 5.74) is 0.651. The SMILES string of the molecule is O=C(O)C(c1ccccc1)N1CCC1=O. The van der Waals surface area contributed by atoms with E-state index in [0.717, 1.165) is 0 Å². The number of hydrogen-bond donors (Lipinski definition) is 1. The maximum atomic E-state index is 11.2. The van der Waals surface area contributed by atoms with Crippen LogP contribution in [0, 0.1) is 0 Å². The molecule has 0 aromatic heterocycles. The van der Waals surface area contributed by atoms with Gasteiger partial charge in [0.15, 0.2) is 6.04 Å². The zero-order valence-corrected chi connectivity index (χ0v) is 8.09. The first-order valence-corrected chi connectivity index (χ1v) is 4.77. The second-order valence-electron chi connectivity index (χ2n) is 3.49. The van der Waals surface area contributed by atoms with Crippen molar-refractivity contribution in [1.29, 1.82) is 0 Å². The van der Waals surface area contributed by atoms with Crippen LogP contribution in [0.3, 0.4) is 0 Å². The average molecular weight is 205 g/mol. The normalized spacial score (nSPS) is 17.1. The van der Waals surface area contributed by atoms with Gasteiger partial charge >= 0.3 is 5.97 Å². The number of hydrogen-bond acceptors (Lipinski definition) is 2. The minimum atomic E-state index is -0.978. The molecule has 4 nitrogen and oxygen atoms in total. The predicted octanol–water partition coefficient (Wildman–Crippen LogP) is 1.04. The molecule has 0 aliphatic carbocycles. The Labute approximate surface area is 87.1 Å². The van der Waals surface area contributed by atoms with Crippen LogP contribution in [0.5, 0.6) is 0 Å². The van der Waals surface area contributed by atoms with Crippen LogP contribution >= 0.6 is 0 Å². The summed E-state index contributed by atoms with van der Waals surface area (Å²) in [5.74, 6) is -1.07. The highest BCUT2D eigenvalue weighted by molar-refractivity contribution is 5.88. The molecule has 0 radical (unpaired) electrons. The summed E-state index contributed by atoms with van der Waals surface area (Å²) in [6, 6.07) is 7.99. The molecule has 4 heteroatoms. The Bertz CT molecular complexity index is 388. The summed E-state index contributed by atoms with van der Waals surface area (Å²) in [4.78, 5) is 23.7. The van der Waals surface area contributed by atoms with Crippen molar-refractivity contribution in [3.63, 3.8) is 0 Å². The largest absolute Gasteiger partial charge is 0.479 e. The van der Waals surface area contributed by atoms with Crippen molar-refractivity contribution in [2.45, 2.75) is 12.5 Å². The molecular weight excluding hydrogens is 194 g/mol. The summed E-state index contributed by atoms with van der Waals surface area (Å²) in [7, 11) is 0. The second-order valence-corrected chi connectivity index (χ2v) is 3.49. The summed E-state index contributed by atoms with van der Waals surface area (Å²) >= 11 is 0. The van der Waals surface area contributed by atoms with Crippen molar-refractivity contribution in [1.82, 2.24) is 4.90 Å². The van der Waals surface area contributed by atoms with Crippen molar-refractivity contribution < 1.29 is 14.7 Å². The summed E-state index contributed by atoms with van der Waals surface area (Å²) in [6.07, 6.45) is 0.455. The Balaban J connectivity index is 2.28. The average Bonchev–Trinajstić information content (AvgIpc) is 2.24. The van der Waals surface area contributed by atoms with Crippen LogP contribution in [-0.4, -0.2) is 28.4 Å². The lowest BCUT2D eigenvalue weighted by Gasteiger charge is -2.35. The third kappa shape index (κ3) is 1.70. The van der Waals surface area contributed by atoms with Gasteiger partial charge in [0.1, 0.15) is 0 Å². The minimum absolute atomic E-state index is 0.0914. The number of carbonyl (C=O) groups is 2. The van der Waals surface area contributed by atoms with Crippen molar-refractivity contribution in [2.24, 2.45) is 0 Å². The van der Waals surface area contributed by atoms with Gasteiger partial charge < -0.3 is 10.0 Å². The molecule has 1 unspecified atom stereocenters. The molecule has 15 heavy (non-hydrogen) atoms. The van der Waals surface area contributed by atoms with Crippen LogP contribution in [0.4, 0.5) is 0 Å². The van der Waals surface area contributed by atoms with E-state index in [-0.39, 0.29) is 5.91 Å². The second kappa shape index (κ2) is 3.73. The first-order chi connectivity index (χ1) is 7.20. The number of carboxylic acid groups (broad SMARTS) is 1. The van der Waals surface area contributed by atoms with Gasteiger partial charge in [-0.15, -0.1) is 0 Å². The topological polar surface area (TPSA) is 57.6 Å². The van der Waals surface area contributed by atoms with E-state index >= 15 is 0 Å². The van der Waals surface area contributed by atoms with Crippen molar-refractivity contribution in [3.05, 3.63) is 35.9 Å². The van der Waals surface area contributed by atoms with Gasteiger partial charge in [0.25, 0.3) is 0 Å². The fraction of sp³-hybridized carbons (Fsp3) is 0.273. The highest BCUT2D eigenvalue weighted by Gasteiger charge is 2.36. The lowest BCUT2D eigenvalue weighted by molar-refractivity contribution is -0.156. The summed E-state index contributed by atoms with van der Waals surface area (Å²) in [5, 5.41) is 9.09. The summed E-state index contributed by atoms with van der Waals surface area (Å²) in [6.45, 7) is 0.532. The zero-order chi connectivity index (χ0) is 10.8. The molecule has 1 fully saturated rings.